The highest BCUT2D eigenvalue weighted by Gasteiger charge is 2.53. The number of fused-ring (bicyclic) bond motifs is 1. The lowest BCUT2D eigenvalue weighted by molar-refractivity contribution is -0.304. The number of hydrogen-bond acceptors (Lipinski definition) is 13. The summed E-state index contributed by atoms with van der Waals surface area (Å²) in [5.74, 6) is -0.906. The molecule has 4 atom stereocenters. The van der Waals surface area contributed by atoms with Crippen molar-refractivity contribution in [2.45, 2.75) is 64.8 Å². The standard InChI is InChI=1S/C26H30N2O12/c1-7-35-22(31)16-17(29)13-8-9-14(12(3)19(13)37-23(16)32)36-24-18(30)20(21(34-6)26(4,5)39-24)38-25(33)27-15-10-11(2)40-28-15/h8-10,18,20-21,24,29-30H,7H2,1-6H3,(H,27,28,33)/t18-,20+,21-,24-/m1/s1. The molecule has 1 saturated heterocycles. The van der Waals surface area contributed by atoms with Gasteiger partial charge in [-0.15, -0.1) is 0 Å². The topological polar surface area (TPSA) is 189 Å². The molecular formula is C26H30N2O12. The van der Waals surface area contributed by atoms with Gasteiger partial charge in [0, 0.05) is 18.7 Å². The number of hydrogen-bond donors (Lipinski definition) is 3. The van der Waals surface area contributed by atoms with Crippen LogP contribution in [0.15, 0.2) is 31.9 Å². The first kappa shape index (κ1) is 28.9. The first-order chi connectivity index (χ1) is 18.9. The highest BCUT2D eigenvalue weighted by Crippen LogP contribution is 2.37. The van der Waals surface area contributed by atoms with E-state index < -0.39 is 59.2 Å². The zero-order valence-electron chi connectivity index (χ0n) is 22.7. The van der Waals surface area contributed by atoms with Crippen molar-refractivity contribution in [1.29, 1.82) is 0 Å². The maximum Gasteiger partial charge on any atom is 0.413 e. The van der Waals surface area contributed by atoms with E-state index in [1.54, 1.807) is 34.6 Å². The van der Waals surface area contributed by atoms with Crippen LogP contribution in [0.4, 0.5) is 10.6 Å². The maximum absolute atomic E-state index is 12.6. The van der Waals surface area contributed by atoms with Gasteiger partial charge in [-0.3, -0.25) is 5.32 Å². The Kier molecular flexibility index (Phi) is 8.05. The molecule has 3 N–H and O–H groups in total. The van der Waals surface area contributed by atoms with E-state index in [4.69, 9.17) is 32.6 Å². The molecule has 1 aliphatic rings. The summed E-state index contributed by atoms with van der Waals surface area (Å²) in [4.78, 5) is 37.2. The molecule has 3 aromatic rings. The van der Waals surface area contributed by atoms with Gasteiger partial charge >= 0.3 is 17.7 Å². The average Bonchev–Trinajstić information content (AvgIpc) is 3.28. The van der Waals surface area contributed by atoms with E-state index >= 15 is 0 Å². The average molecular weight is 563 g/mol. The monoisotopic (exact) mass is 562 g/mol. The Morgan fingerprint density at radius 3 is 2.58 bits per heavy atom. The quantitative estimate of drug-likeness (QED) is 0.282. The maximum atomic E-state index is 12.6. The van der Waals surface area contributed by atoms with Crippen LogP contribution in [0.3, 0.4) is 0 Å². The third kappa shape index (κ3) is 5.46. The number of aromatic hydroxyl groups is 1. The second kappa shape index (κ2) is 11.2. The predicted molar refractivity (Wildman–Crippen MR) is 136 cm³/mol. The minimum absolute atomic E-state index is 0.00218. The van der Waals surface area contributed by atoms with Gasteiger partial charge in [0.25, 0.3) is 0 Å². The lowest BCUT2D eigenvalue weighted by Crippen LogP contribution is -2.65. The van der Waals surface area contributed by atoms with Crippen LogP contribution in [-0.4, -0.2) is 71.4 Å². The summed E-state index contributed by atoms with van der Waals surface area (Å²) >= 11 is 0. The molecule has 1 aliphatic heterocycles. The largest absolute Gasteiger partial charge is 0.506 e. The number of benzene rings is 1. The molecule has 0 unspecified atom stereocenters. The first-order valence-electron chi connectivity index (χ1n) is 12.3. The van der Waals surface area contributed by atoms with Gasteiger partial charge in [-0.2, -0.15) is 0 Å². The van der Waals surface area contributed by atoms with E-state index in [-0.39, 0.29) is 34.7 Å². The van der Waals surface area contributed by atoms with Crippen LogP contribution in [-0.2, 0) is 18.9 Å². The molecule has 0 spiro atoms. The number of methoxy groups -OCH3 is 1. The van der Waals surface area contributed by atoms with Crippen molar-refractivity contribution in [2.24, 2.45) is 0 Å². The van der Waals surface area contributed by atoms with Gasteiger partial charge < -0.3 is 42.8 Å². The van der Waals surface area contributed by atoms with Gasteiger partial charge in [0.2, 0.25) is 6.29 Å². The van der Waals surface area contributed by atoms with Gasteiger partial charge in [-0.1, -0.05) is 5.16 Å². The number of aliphatic hydroxyl groups is 1. The summed E-state index contributed by atoms with van der Waals surface area (Å²) in [5.41, 5.74) is -2.62. The molecule has 1 aromatic carbocycles. The van der Waals surface area contributed by atoms with Gasteiger partial charge in [-0.25, -0.2) is 14.4 Å². The van der Waals surface area contributed by atoms with Crippen LogP contribution >= 0.6 is 0 Å². The Labute approximate surface area is 227 Å². The van der Waals surface area contributed by atoms with Crippen LogP contribution in [0, 0.1) is 13.8 Å². The van der Waals surface area contributed by atoms with Crippen LogP contribution < -0.4 is 15.7 Å². The second-order valence-corrected chi connectivity index (χ2v) is 9.57. The molecule has 14 nitrogen and oxygen atoms in total. The Morgan fingerprint density at radius 1 is 1.23 bits per heavy atom. The van der Waals surface area contributed by atoms with E-state index in [0.29, 0.717) is 5.76 Å². The highest BCUT2D eigenvalue weighted by atomic mass is 16.7. The van der Waals surface area contributed by atoms with Crippen LogP contribution in [0.25, 0.3) is 11.0 Å². The third-order valence-electron chi connectivity index (χ3n) is 6.34. The van der Waals surface area contributed by atoms with Crippen molar-refractivity contribution < 1.29 is 52.4 Å². The normalized spacial score (nSPS) is 22.1. The number of amides is 1. The summed E-state index contributed by atoms with van der Waals surface area (Å²) in [6, 6.07) is 4.30. The van der Waals surface area contributed by atoms with E-state index in [1.165, 1.54) is 25.3 Å². The van der Waals surface area contributed by atoms with E-state index in [1.807, 2.05) is 0 Å². The Morgan fingerprint density at radius 2 is 1.95 bits per heavy atom. The summed E-state index contributed by atoms with van der Waals surface area (Å²) in [6.45, 7) is 8.09. The van der Waals surface area contributed by atoms with E-state index in [9.17, 15) is 24.6 Å². The number of aromatic nitrogens is 1. The molecule has 3 heterocycles. The smallest absolute Gasteiger partial charge is 0.413 e. The minimum atomic E-state index is -1.54. The number of esters is 1. The number of aryl methyl sites for hydroxylation is 2. The summed E-state index contributed by atoms with van der Waals surface area (Å²) in [5, 5.41) is 27.9. The van der Waals surface area contributed by atoms with E-state index in [0.717, 1.165) is 0 Å². The number of ether oxygens (including phenoxy) is 5. The number of carbonyl (C=O) groups excluding carboxylic acids is 2. The third-order valence-corrected chi connectivity index (χ3v) is 6.34. The zero-order chi connectivity index (χ0) is 29.4. The summed E-state index contributed by atoms with van der Waals surface area (Å²) in [7, 11) is 1.38. The Balaban J connectivity index is 1.62. The molecular weight excluding hydrogens is 532 g/mol. The predicted octanol–water partition coefficient (Wildman–Crippen LogP) is 2.79. The minimum Gasteiger partial charge on any atom is -0.506 e. The van der Waals surface area contributed by atoms with Crippen molar-refractivity contribution in [3.63, 3.8) is 0 Å². The molecule has 216 valence electrons. The van der Waals surface area contributed by atoms with Crippen LogP contribution in [0.2, 0.25) is 0 Å². The number of aliphatic hydroxyl groups excluding tert-OH is 1. The molecule has 0 saturated carbocycles. The summed E-state index contributed by atoms with van der Waals surface area (Å²) in [6.07, 6.45) is -5.98. The van der Waals surface area contributed by atoms with Crippen molar-refractivity contribution in [1.82, 2.24) is 5.16 Å². The fraction of sp³-hybridized carbons (Fsp3) is 0.462. The highest BCUT2D eigenvalue weighted by molar-refractivity contribution is 5.99. The first-order valence-corrected chi connectivity index (χ1v) is 12.3. The Bertz CT molecular complexity index is 1480. The van der Waals surface area contributed by atoms with Crippen molar-refractivity contribution in [3.8, 4) is 11.5 Å². The molecule has 40 heavy (non-hydrogen) atoms. The number of anilines is 1. The van der Waals surface area contributed by atoms with Crippen LogP contribution in [0.1, 0.15) is 42.5 Å². The van der Waals surface area contributed by atoms with E-state index in [2.05, 4.69) is 10.5 Å². The number of nitrogens with zero attached hydrogens (tertiary/aromatic N) is 1. The molecule has 1 amide bonds. The van der Waals surface area contributed by atoms with Gasteiger partial charge in [0.1, 0.15) is 28.9 Å². The zero-order valence-corrected chi connectivity index (χ0v) is 22.7. The molecule has 2 aromatic heterocycles. The van der Waals surface area contributed by atoms with Gasteiger partial charge in [-0.05, 0) is 46.8 Å². The summed E-state index contributed by atoms with van der Waals surface area (Å²) < 4.78 is 38.0. The lowest BCUT2D eigenvalue weighted by Gasteiger charge is -2.47. The lowest BCUT2D eigenvalue weighted by atomic mass is 9.89. The molecule has 14 heteroatoms. The van der Waals surface area contributed by atoms with Crippen LogP contribution in [0.5, 0.6) is 11.5 Å². The fourth-order valence-corrected chi connectivity index (χ4v) is 4.49. The second-order valence-electron chi connectivity index (χ2n) is 9.57. The molecule has 4 rings (SSSR count). The van der Waals surface area contributed by atoms with Gasteiger partial charge in [0.05, 0.1) is 17.6 Å². The van der Waals surface area contributed by atoms with Crippen molar-refractivity contribution in [2.75, 3.05) is 19.0 Å². The number of rotatable bonds is 7. The number of carbonyl (C=O) groups is 2. The molecule has 0 bridgehead atoms. The molecule has 1 fully saturated rings. The van der Waals surface area contributed by atoms with Crippen molar-refractivity contribution >= 4 is 28.8 Å². The van der Waals surface area contributed by atoms with Crippen molar-refractivity contribution in [3.05, 3.63) is 45.5 Å². The number of nitrogens with one attached hydrogen (secondary N) is 1. The fourth-order valence-electron chi connectivity index (χ4n) is 4.49. The molecule has 0 aliphatic carbocycles. The Hall–Kier alpha value is -4.14. The molecule has 0 radical (unpaired) electrons. The SMILES string of the molecule is CCOC(=O)c1c(O)c2ccc(O[C@@H]3OC(C)(C)[C@H](OC)[C@@H](OC(=O)Nc4cc(C)on4)[C@H]3O)c(C)c2oc1=O. The van der Waals surface area contributed by atoms with Gasteiger partial charge in [0.15, 0.2) is 23.6 Å².